The Labute approximate surface area is 81.7 Å². The lowest BCUT2D eigenvalue weighted by molar-refractivity contribution is 0.0646. The lowest BCUT2D eigenvalue weighted by Crippen LogP contribution is -2.10. The van der Waals surface area contributed by atoms with Gasteiger partial charge in [0.2, 0.25) is 0 Å². The third-order valence-electron chi connectivity index (χ3n) is 1.37. The first-order valence-corrected chi connectivity index (χ1v) is 3.90. The predicted molar refractivity (Wildman–Crippen MR) is 49.7 cm³/mol. The van der Waals surface area contributed by atoms with Crippen LogP contribution in [-0.2, 0) is 9.47 Å². The highest BCUT2D eigenvalue weighted by Gasteiger charge is 2.07. The van der Waals surface area contributed by atoms with Crippen LogP contribution >= 0.6 is 0 Å². The normalized spacial score (nSPS) is 8.93. The number of carbonyl (C=O) groups is 1. The second kappa shape index (κ2) is 4.91. The highest BCUT2D eigenvalue weighted by Crippen LogP contribution is 2.10. The van der Waals surface area contributed by atoms with Gasteiger partial charge in [0.05, 0.1) is 7.11 Å². The molecule has 0 N–H and O–H groups in total. The maximum atomic E-state index is 11.0. The van der Waals surface area contributed by atoms with Crippen LogP contribution in [-0.4, -0.2) is 13.3 Å². The van der Waals surface area contributed by atoms with Crippen molar-refractivity contribution < 1.29 is 19.0 Å². The van der Waals surface area contributed by atoms with Crippen LogP contribution < -0.4 is 4.74 Å². The van der Waals surface area contributed by atoms with E-state index >= 15 is 0 Å². The molecule has 0 aliphatic carbocycles. The Hall–Kier alpha value is -1.97. The minimum absolute atomic E-state index is 0.106. The van der Waals surface area contributed by atoms with Gasteiger partial charge in [0.25, 0.3) is 5.95 Å². The fraction of sp³-hybridized carbons (Fsp3) is 0.100. The average Bonchev–Trinajstić information content (AvgIpc) is 2.19. The Kier molecular flexibility index (Phi) is 3.55. The molecule has 0 unspecified atom stereocenters. The van der Waals surface area contributed by atoms with Crippen molar-refractivity contribution in [3.05, 3.63) is 42.9 Å². The molecule has 0 amide bonds. The van der Waals surface area contributed by atoms with Crippen LogP contribution in [0.3, 0.4) is 0 Å². The molecule has 0 heterocycles. The van der Waals surface area contributed by atoms with Crippen molar-refractivity contribution in [2.45, 2.75) is 0 Å². The third kappa shape index (κ3) is 3.18. The highest BCUT2D eigenvalue weighted by molar-refractivity contribution is 5.64. The molecule has 0 aliphatic heterocycles. The van der Waals surface area contributed by atoms with E-state index in [1.165, 1.54) is 7.11 Å². The fourth-order valence-corrected chi connectivity index (χ4v) is 0.740. The Morgan fingerprint density at radius 1 is 1.29 bits per heavy atom. The van der Waals surface area contributed by atoms with Crippen LogP contribution in [0.25, 0.3) is 0 Å². The summed E-state index contributed by atoms with van der Waals surface area (Å²) in [5, 5.41) is 0. The monoisotopic (exact) mass is 194 g/mol. The van der Waals surface area contributed by atoms with E-state index < -0.39 is 6.16 Å². The summed E-state index contributed by atoms with van der Waals surface area (Å²) < 4.78 is 13.9. The van der Waals surface area contributed by atoms with Crippen LogP contribution in [0.5, 0.6) is 5.75 Å². The minimum atomic E-state index is -0.872. The molecule has 0 bridgehead atoms. The maximum Gasteiger partial charge on any atom is 0.521 e. The molecule has 0 spiro atoms. The van der Waals surface area contributed by atoms with Gasteiger partial charge in [0.1, 0.15) is 5.75 Å². The van der Waals surface area contributed by atoms with Crippen LogP contribution in [0, 0.1) is 0 Å². The first-order valence-electron chi connectivity index (χ1n) is 3.90. The first kappa shape index (κ1) is 10.1. The van der Waals surface area contributed by atoms with Crippen molar-refractivity contribution >= 4 is 6.16 Å². The third-order valence-corrected chi connectivity index (χ3v) is 1.37. The summed E-state index contributed by atoms with van der Waals surface area (Å²) in [4.78, 5) is 11.0. The molecule has 4 heteroatoms. The lowest BCUT2D eigenvalue weighted by Gasteiger charge is -2.05. The van der Waals surface area contributed by atoms with Gasteiger partial charge in [-0.2, -0.15) is 0 Å². The zero-order valence-electron chi connectivity index (χ0n) is 7.73. The van der Waals surface area contributed by atoms with Gasteiger partial charge >= 0.3 is 6.16 Å². The predicted octanol–water partition coefficient (Wildman–Crippen LogP) is 2.32. The maximum absolute atomic E-state index is 11.0. The fourth-order valence-electron chi connectivity index (χ4n) is 0.740. The van der Waals surface area contributed by atoms with Gasteiger partial charge in [-0.1, -0.05) is 18.2 Å². The van der Waals surface area contributed by atoms with Gasteiger partial charge in [-0.3, -0.25) is 0 Å². The van der Waals surface area contributed by atoms with E-state index in [2.05, 4.69) is 16.1 Å². The standard InChI is InChI=1S/C10H10O4/c1-8(12-2)13-10(11)14-9-6-4-3-5-7-9/h3-7H,1H2,2H3. The number of benzene rings is 1. The quantitative estimate of drug-likeness (QED) is 0.421. The largest absolute Gasteiger partial charge is 0.521 e. The van der Waals surface area contributed by atoms with Crippen molar-refractivity contribution in [1.29, 1.82) is 0 Å². The molecule has 0 saturated carbocycles. The van der Waals surface area contributed by atoms with Gasteiger partial charge in [0, 0.05) is 0 Å². The number of rotatable bonds is 3. The number of hydrogen-bond donors (Lipinski definition) is 0. The van der Waals surface area contributed by atoms with Gasteiger partial charge in [-0.15, -0.1) is 0 Å². The first-order chi connectivity index (χ1) is 6.72. The number of hydrogen-bond acceptors (Lipinski definition) is 4. The van der Waals surface area contributed by atoms with E-state index in [9.17, 15) is 4.79 Å². The van der Waals surface area contributed by atoms with E-state index in [1.807, 2.05) is 6.07 Å². The summed E-state index contributed by atoms with van der Waals surface area (Å²) in [6, 6.07) is 8.57. The average molecular weight is 194 g/mol. The molecular weight excluding hydrogens is 184 g/mol. The molecular formula is C10H10O4. The SMILES string of the molecule is C=C(OC)OC(=O)Oc1ccccc1. The van der Waals surface area contributed by atoms with Gasteiger partial charge in [-0.05, 0) is 18.7 Å². The van der Waals surface area contributed by atoms with Gasteiger partial charge < -0.3 is 14.2 Å². The van der Waals surface area contributed by atoms with Crippen LogP contribution in [0.4, 0.5) is 4.79 Å². The van der Waals surface area contributed by atoms with E-state index in [0.29, 0.717) is 5.75 Å². The summed E-state index contributed by atoms with van der Waals surface area (Å²) in [5.41, 5.74) is 0. The molecule has 0 aliphatic rings. The molecule has 0 atom stereocenters. The molecule has 74 valence electrons. The van der Waals surface area contributed by atoms with Crippen molar-refractivity contribution in [2.24, 2.45) is 0 Å². The Bertz CT molecular complexity index is 318. The molecule has 1 rings (SSSR count). The zero-order valence-corrected chi connectivity index (χ0v) is 7.73. The smallest absolute Gasteiger partial charge is 0.469 e. The van der Waals surface area contributed by atoms with E-state index in [0.717, 1.165) is 0 Å². The number of para-hydroxylation sites is 1. The number of carbonyl (C=O) groups excluding carboxylic acids is 1. The van der Waals surface area contributed by atoms with E-state index in [-0.39, 0.29) is 5.95 Å². The van der Waals surface area contributed by atoms with Gasteiger partial charge in [0.15, 0.2) is 0 Å². The molecule has 14 heavy (non-hydrogen) atoms. The molecule has 0 fully saturated rings. The van der Waals surface area contributed by atoms with E-state index in [4.69, 9.17) is 4.74 Å². The van der Waals surface area contributed by atoms with Gasteiger partial charge in [-0.25, -0.2) is 4.79 Å². The van der Waals surface area contributed by atoms with Crippen molar-refractivity contribution in [2.75, 3.05) is 7.11 Å². The van der Waals surface area contributed by atoms with Crippen molar-refractivity contribution in [3.8, 4) is 5.75 Å². The molecule has 0 saturated heterocycles. The summed E-state index contributed by atoms with van der Waals surface area (Å²) in [6.45, 7) is 3.31. The molecule has 4 nitrogen and oxygen atoms in total. The molecule has 1 aromatic rings. The Morgan fingerprint density at radius 2 is 1.93 bits per heavy atom. The zero-order chi connectivity index (χ0) is 10.4. The highest BCUT2D eigenvalue weighted by atomic mass is 16.8. The molecule has 1 aromatic carbocycles. The second-order valence-corrected chi connectivity index (χ2v) is 2.34. The lowest BCUT2D eigenvalue weighted by atomic mass is 10.3. The minimum Gasteiger partial charge on any atom is -0.469 e. The summed E-state index contributed by atoms with van der Waals surface area (Å²) in [6.07, 6.45) is -0.872. The molecule has 0 radical (unpaired) electrons. The Morgan fingerprint density at radius 3 is 2.50 bits per heavy atom. The second-order valence-electron chi connectivity index (χ2n) is 2.34. The van der Waals surface area contributed by atoms with Crippen LogP contribution in [0.15, 0.2) is 42.9 Å². The van der Waals surface area contributed by atoms with E-state index in [1.54, 1.807) is 24.3 Å². The summed E-state index contributed by atoms with van der Waals surface area (Å²) in [7, 11) is 1.35. The molecule has 0 aromatic heterocycles. The van der Waals surface area contributed by atoms with Crippen molar-refractivity contribution in [1.82, 2.24) is 0 Å². The number of ether oxygens (including phenoxy) is 3. The Balaban J connectivity index is 2.46. The van der Waals surface area contributed by atoms with Crippen LogP contribution in [0.2, 0.25) is 0 Å². The summed E-state index contributed by atoms with van der Waals surface area (Å²) in [5.74, 6) is 0.298. The number of methoxy groups -OCH3 is 1. The summed E-state index contributed by atoms with van der Waals surface area (Å²) >= 11 is 0. The topological polar surface area (TPSA) is 44.8 Å². The van der Waals surface area contributed by atoms with Crippen molar-refractivity contribution in [3.63, 3.8) is 0 Å². The van der Waals surface area contributed by atoms with Crippen LogP contribution in [0.1, 0.15) is 0 Å².